The average molecular weight is 292 g/mol. The molecule has 1 aromatic rings. The van der Waals surface area contributed by atoms with Gasteiger partial charge in [0.15, 0.2) is 0 Å². The molecule has 1 aromatic carbocycles. The number of anilines is 1. The first-order valence-corrected chi connectivity index (χ1v) is 7.39. The molecule has 1 heterocycles. The van der Waals surface area contributed by atoms with Crippen LogP contribution in [0.3, 0.4) is 0 Å². The Morgan fingerprint density at radius 1 is 1.43 bits per heavy atom. The lowest BCUT2D eigenvalue weighted by atomic mass is 10.0. The number of amides is 1. The second-order valence-electron chi connectivity index (χ2n) is 5.76. The number of carbonyl (C=O) groups excluding carboxylic acids is 1. The molecule has 0 aromatic heterocycles. The fourth-order valence-corrected chi connectivity index (χ4v) is 2.26. The molecule has 0 bridgehead atoms. The predicted molar refractivity (Wildman–Crippen MR) is 82.6 cm³/mol. The maximum atomic E-state index is 12.3. The van der Waals surface area contributed by atoms with Gasteiger partial charge in [-0.25, -0.2) is 0 Å². The van der Waals surface area contributed by atoms with Gasteiger partial charge in [-0.15, -0.1) is 0 Å². The van der Waals surface area contributed by atoms with Crippen molar-refractivity contribution in [1.82, 2.24) is 5.32 Å². The molecule has 2 unspecified atom stereocenters. The molecule has 1 saturated heterocycles. The molecule has 116 valence electrons. The number of rotatable bonds is 6. The van der Waals surface area contributed by atoms with Crippen molar-refractivity contribution in [2.24, 2.45) is 11.8 Å². The van der Waals surface area contributed by atoms with E-state index in [0.717, 1.165) is 11.4 Å². The zero-order chi connectivity index (χ0) is 15.2. The van der Waals surface area contributed by atoms with Gasteiger partial charge in [-0.1, -0.05) is 19.9 Å². The normalized spacial score (nSPS) is 21.5. The molecule has 1 amide bonds. The van der Waals surface area contributed by atoms with Crippen molar-refractivity contribution in [1.29, 1.82) is 0 Å². The topological polar surface area (TPSA) is 59.6 Å². The van der Waals surface area contributed by atoms with Crippen LogP contribution in [-0.2, 0) is 9.53 Å². The average Bonchev–Trinajstić information content (AvgIpc) is 2.94. The van der Waals surface area contributed by atoms with Gasteiger partial charge in [0.05, 0.1) is 25.7 Å². The zero-order valence-electron chi connectivity index (χ0n) is 12.9. The lowest BCUT2D eigenvalue weighted by Crippen LogP contribution is -2.39. The molecule has 2 atom stereocenters. The minimum Gasteiger partial charge on any atom is -0.493 e. The summed E-state index contributed by atoms with van der Waals surface area (Å²) in [6.07, 6.45) is 0. The van der Waals surface area contributed by atoms with Crippen LogP contribution >= 0.6 is 0 Å². The Hall–Kier alpha value is -1.59. The van der Waals surface area contributed by atoms with E-state index in [-0.39, 0.29) is 17.9 Å². The molecule has 5 heteroatoms. The summed E-state index contributed by atoms with van der Waals surface area (Å²) in [5.74, 6) is 1.06. The van der Waals surface area contributed by atoms with Gasteiger partial charge in [-0.05, 0) is 25.1 Å². The first-order chi connectivity index (χ1) is 10.1. The Balaban J connectivity index is 1.95. The van der Waals surface area contributed by atoms with E-state index in [2.05, 4.69) is 24.5 Å². The largest absolute Gasteiger partial charge is 0.493 e. The highest BCUT2D eigenvalue weighted by molar-refractivity contribution is 5.93. The maximum absolute atomic E-state index is 12.3. The molecule has 5 nitrogen and oxygen atoms in total. The van der Waals surface area contributed by atoms with Crippen molar-refractivity contribution in [2.45, 2.75) is 19.9 Å². The molecule has 2 N–H and O–H groups in total. The second-order valence-corrected chi connectivity index (χ2v) is 5.76. The van der Waals surface area contributed by atoms with E-state index in [1.807, 2.05) is 31.3 Å². The van der Waals surface area contributed by atoms with E-state index >= 15 is 0 Å². The van der Waals surface area contributed by atoms with Crippen molar-refractivity contribution in [3.05, 3.63) is 24.3 Å². The molecule has 0 saturated carbocycles. The van der Waals surface area contributed by atoms with Gasteiger partial charge in [-0.2, -0.15) is 0 Å². The fraction of sp³-hybridized carbons (Fsp3) is 0.562. The number of hydrogen-bond acceptors (Lipinski definition) is 4. The molecule has 21 heavy (non-hydrogen) atoms. The van der Waals surface area contributed by atoms with Crippen LogP contribution in [-0.4, -0.2) is 38.8 Å². The van der Waals surface area contributed by atoms with Crippen LogP contribution in [0.1, 0.15) is 13.8 Å². The van der Waals surface area contributed by atoms with E-state index in [0.29, 0.717) is 25.7 Å². The maximum Gasteiger partial charge on any atom is 0.231 e. The molecule has 0 spiro atoms. The molecule has 0 aliphatic carbocycles. The number of carbonyl (C=O) groups is 1. The third kappa shape index (κ3) is 4.44. The smallest absolute Gasteiger partial charge is 0.231 e. The lowest BCUT2D eigenvalue weighted by Gasteiger charge is -2.17. The number of hydrogen-bond donors (Lipinski definition) is 2. The van der Waals surface area contributed by atoms with Crippen LogP contribution in [0.25, 0.3) is 0 Å². The van der Waals surface area contributed by atoms with Crippen LogP contribution in [0.2, 0.25) is 0 Å². The summed E-state index contributed by atoms with van der Waals surface area (Å²) >= 11 is 0. The molecule has 1 fully saturated rings. The summed E-state index contributed by atoms with van der Waals surface area (Å²) in [5.41, 5.74) is 0.753. The summed E-state index contributed by atoms with van der Waals surface area (Å²) in [7, 11) is 1.85. The van der Waals surface area contributed by atoms with Crippen molar-refractivity contribution in [2.75, 3.05) is 32.2 Å². The predicted octanol–water partition coefficient (Wildman–Crippen LogP) is 1.89. The molecular weight excluding hydrogens is 268 g/mol. The highest BCUT2D eigenvalue weighted by Gasteiger charge is 2.32. The monoisotopic (exact) mass is 292 g/mol. The first-order valence-electron chi connectivity index (χ1n) is 7.39. The number of nitrogens with one attached hydrogen (secondary N) is 2. The van der Waals surface area contributed by atoms with Gasteiger partial charge in [-0.3, -0.25) is 4.79 Å². The van der Waals surface area contributed by atoms with Gasteiger partial charge >= 0.3 is 0 Å². The molecular formula is C16H24N2O3. The third-order valence-electron chi connectivity index (χ3n) is 3.47. The van der Waals surface area contributed by atoms with E-state index in [4.69, 9.17) is 9.47 Å². The summed E-state index contributed by atoms with van der Waals surface area (Å²) in [6.45, 7) is 5.90. The summed E-state index contributed by atoms with van der Waals surface area (Å²) < 4.78 is 11.0. The molecule has 1 aliphatic rings. The molecule has 0 radical (unpaired) electrons. The highest BCUT2D eigenvalue weighted by Crippen LogP contribution is 2.20. The SMILES string of the molecule is CNC1COCC1C(=O)Nc1cccc(OCC(C)C)c1. The van der Waals surface area contributed by atoms with Gasteiger partial charge in [0.2, 0.25) is 5.91 Å². The Kier molecular flexibility index (Phi) is 5.59. The highest BCUT2D eigenvalue weighted by atomic mass is 16.5. The summed E-state index contributed by atoms with van der Waals surface area (Å²) in [4.78, 5) is 12.3. The second kappa shape index (κ2) is 7.43. The first kappa shape index (κ1) is 15.8. The number of ether oxygens (including phenoxy) is 2. The van der Waals surface area contributed by atoms with E-state index < -0.39 is 0 Å². The minimum atomic E-state index is -0.157. The van der Waals surface area contributed by atoms with Gasteiger partial charge in [0.1, 0.15) is 5.75 Å². The minimum absolute atomic E-state index is 0.0205. The Bertz CT molecular complexity index is 476. The Morgan fingerprint density at radius 3 is 2.95 bits per heavy atom. The zero-order valence-corrected chi connectivity index (χ0v) is 12.9. The van der Waals surface area contributed by atoms with Crippen molar-refractivity contribution >= 4 is 11.6 Å². The van der Waals surface area contributed by atoms with Crippen LogP contribution in [0.5, 0.6) is 5.75 Å². The molecule has 1 aliphatic heterocycles. The Labute approximate surface area is 126 Å². The van der Waals surface area contributed by atoms with Gasteiger partial charge in [0, 0.05) is 17.8 Å². The number of benzene rings is 1. The van der Waals surface area contributed by atoms with Crippen LogP contribution in [0.4, 0.5) is 5.69 Å². The standard InChI is InChI=1S/C16H24N2O3/c1-11(2)8-21-13-6-4-5-12(7-13)18-16(19)14-9-20-10-15(14)17-3/h4-7,11,14-15,17H,8-10H2,1-3H3,(H,18,19). The third-order valence-corrected chi connectivity index (χ3v) is 3.47. The number of likely N-dealkylation sites (N-methyl/N-ethyl adjacent to an activating group) is 1. The summed E-state index contributed by atoms with van der Waals surface area (Å²) in [6, 6.07) is 7.57. The van der Waals surface area contributed by atoms with Crippen LogP contribution < -0.4 is 15.4 Å². The Morgan fingerprint density at radius 2 is 2.24 bits per heavy atom. The quantitative estimate of drug-likeness (QED) is 0.840. The van der Waals surface area contributed by atoms with E-state index in [1.54, 1.807) is 0 Å². The van der Waals surface area contributed by atoms with E-state index in [1.165, 1.54) is 0 Å². The van der Waals surface area contributed by atoms with Crippen molar-refractivity contribution < 1.29 is 14.3 Å². The van der Waals surface area contributed by atoms with Crippen molar-refractivity contribution in [3.8, 4) is 5.75 Å². The molecule has 2 rings (SSSR count). The fourth-order valence-electron chi connectivity index (χ4n) is 2.26. The van der Waals surface area contributed by atoms with Crippen LogP contribution in [0.15, 0.2) is 24.3 Å². The van der Waals surface area contributed by atoms with E-state index in [9.17, 15) is 4.79 Å². The van der Waals surface area contributed by atoms with Gasteiger partial charge in [0.25, 0.3) is 0 Å². The lowest BCUT2D eigenvalue weighted by molar-refractivity contribution is -0.120. The van der Waals surface area contributed by atoms with Gasteiger partial charge < -0.3 is 20.1 Å². The van der Waals surface area contributed by atoms with Crippen molar-refractivity contribution in [3.63, 3.8) is 0 Å². The van der Waals surface area contributed by atoms with Crippen LogP contribution in [0, 0.1) is 11.8 Å². The summed E-state index contributed by atoms with van der Waals surface area (Å²) in [5, 5.41) is 6.05.